The van der Waals surface area contributed by atoms with Crippen molar-refractivity contribution in [1.29, 1.82) is 0 Å². The van der Waals surface area contributed by atoms with Gasteiger partial charge in [-0.15, -0.1) is 16.4 Å². The van der Waals surface area contributed by atoms with E-state index < -0.39 is 5.91 Å². The second-order valence-electron chi connectivity index (χ2n) is 4.67. The number of halogens is 2. The van der Waals surface area contributed by atoms with Gasteiger partial charge in [0.1, 0.15) is 4.34 Å². The third-order valence-electron chi connectivity index (χ3n) is 3.18. The van der Waals surface area contributed by atoms with Crippen LogP contribution in [-0.2, 0) is 0 Å². The predicted octanol–water partition coefficient (Wildman–Crippen LogP) is 4.37. The third kappa shape index (κ3) is 3.71. The standard InChI is InChI=1S/C15H11Cl2N3O4S/c1-22-9-4-3-7(5-10(9)23-2)14-19-20-15(24-14)18-13(21)8-6-11(16)25-12(8)17/h3-6H,1-2H3,(H,18,20,21). The lowest BCUT2D eigenvalue weighted by molar-refractivity contribution is 0.102. The number of aromatic nitrogens is 2. The minimum atomic E-state index is -0.490. The van der Waals surface area contributed by atoms with Gasteiger partial charge in [-0.25, -0.2) is 0 Å². The number of nitrogens with one attached hydrogen (secondary N) is 1. The SMILES string of the molecule is COc1ccc(-c2nnc(NC(=O)c3cc(Cl)sc3Cl)o2)cc1OC. The number of amides is 1. The first-order chi connectivity index (χ1) is 12.0. The molecule has 25 heavy (non-hydrogen) atoms. The monoisotopic (exact) mass is 399 g/mol. The smallest absolute Gasteiger partial charge is 0.322 e. The highest BCUT2D eigenvalue weighted by Crippen LogP contribution is 2.33. The van der Waals surface area contributed by atoms with Crippen LogP contribution in [0.2, 0.25) is 8.67 Å². The van der Waals surface area contributed by atoms with E-state index in [4.69, 9.17) is 37.1 Å². The Labute approximate surface area is 156 Å². The maximum atomic E-state index is 12.2. The average molecular weight is 400 g/mol. The van der Waals surface area contributed by atoms with Crippen molar-refractivity contribution in [2.45, 2.75) is 0 Å². The van der Waals surface area contributed by atoms with E-state index in [0.29, 0.717) is 21.4 Å². The molecular formula is C15H11Cl2N3O4S. The predicted molar refractivity (Wildman–Crippen MR) is 95.1 cm³/mol. The first-order valence-corrected chi connectivity index (χ1v) is 8.41. The number of carbonyl (C=O) groups is 1. The summed E-state index contributed by atoms with van der Waals surface area (Å²) >= 11 is 12.9. The molecule has 10 heteroatoms. The number of ether oxygens (including phenoxy) is 2. The fourth-order valence-electron chi connectivity index (χ4n) is 2.02. The Kier molecular flexibility index (Phi) is 5.12. The lowest BCUT2D eigenvalue weighted by atomic mass is 10.2. The summed E-state index contributed by atoms with van der Waals surface area (Å²) in [6.45, 7) is 0. The quantitative estimate of drug-likeness (QED) is 0.684. The first kappa shape index (κ1) is 17.5. The molecule has 0 aliphatic rings. The second kappa shape index (κ2) is 7.30. The van der Waals surface area contributed by atoms with Crippen LogP contribution in [0.5, 0.6) is 11.5 Å². The van der Waals surface area contributed by atoms with Gasteiger partial charge in [0.05, 0.1) is 24.1 Å². The van der Waals surface area contributed by atoms with Crippen molar-refractivity contribution < 1.29 is 18.7 Å². The van der Waals surface area contributed by atoms with Crippen molar-refractivity contribution in [3.8, 4) is 23.0 Å². The van der Waals surface area contributed by atoms with Gasteiger partial charge in [-0.1, -0.05) is 28.3 Å². The lowest BCUT2D eigenvalue weighted by Crippen LogP contribution is -2.11. The van der Waals surface area contributed by atoms with Crippen LogP contribution in [0.15, 0.2) is 28.7 Å². The topological polar surface area (TPSA) is 86.5 Å². The van der Waals surface area contributed by atoms with Crippen LogP contribution in [0.1, 0.15) is 10.4 Å². The van der Waals surface area contributed by atoms with E-state index in [1.54, 1.807) is 25.3 Å². The van der Waals surface area contributed by atoms with E-state index in [9.17, 15) is 4.79 Å². The molecule has 0 aliphatic heterocycles. The van der Waals surface area contributed by atoms with Crippen molar-refractivity contribution in [3.05, 3.63) is 38.5 Å². The van der Waals surface area contributed by atoms with Crippen LogP contribution < -0.4 is 14.8 Å². The van der Waals surface area contributed by atoms with Gasteiger partial charge in [0.25, 0.3) is 5.91 Å². The van der Waals surface area contributed by atoms with Crippen molar-refractivity contribution in [3.63, 3.8) is 0 Å². The van der Waals surface area contributed by atoms with E-state index in [1.807, 2.05) is 0 Å². The molecule has 0 saturated heterocycles. The third-order valence-corrected chi connectivity index (χ3v) is 4.66. The number of carbonyl (C=O) groups excluding carboxylic acids is 1. The Bertz CT molecular complexity index is 925. The Morgan fingerprint density at radius 3 is 2.56 bits per heavy atom. The van der Waals surface area contributed by atoms with E-state index in [0.717, 1.165) is 11.3 Å². The van der Waals surface area contributed by atoms with Crippen LogP contribution in [0.4, 0.5) is 6.01 Å². The van der Waals surface area contributed by atoms with Gasteiger partial charge in [-0.2, -0.15) is 0 Å². The van der Waals surface area contributed by atoms with Gasteiger partial charge in [0, 0.05) is 5.56 Å². The second-order valence-corrected chi connectivity index (χ2v) is 6.96. The molecule has 1 aromatic carbocycles. The summed E-state index contributed by atoms with van der Waals surface area (Å²) in [7, 11) is 3.07. The summed E-state index contributed by atoms with van der Waals surface area (Å²) in [6.07, 6.45) is 0. The molecule has 0 radical (unpaired) electrons. The Hall–Kier alpha value is -2.29. The molecule has 0 bridgehead atoms. The zero-order valence-corrected chi connectivity index (χ0v) is 15.3. The van der Waals surface area contributed by atoms with Gasteiger partial charge < -0.3 is 13.9 Å². The number of anilines is 1. The molecule has 130 valence electrons. The number of hydrogen-bond donors (Lipinski definition) is 1. The number of benzene rings is 1. The number of rotatable bonds is 5. The number of thiophene rings is 1. The van der Waals surface area contributed by atoms with Crippen LogP contribution >= 0.6 is 34.5 Å². The summed E-state index contributed by atoms with van der Waals surface area (Å²) in [5.41, 5.74) is 0.852. The van der Waals surface area contributed by atoms with Crippen molar-refractivity contribution in [1.82, 2.24) is 10.2 Å². The maximum absolute atomic E-state index is 12.2. The van der Waals surface area contributed by atoms with E-state index >= 15 is 0 Å². The maximum Gasteiger partial charge on any atom is 0.322 e. The molecule has 0 saturated carbocycles. The molecule has 3 rings (SSSR count). The number of hydrogen-bond acceptors (Lipinski definition) is 7. The Morgan fingerprint density at radius 1 is 1.16 bits per heavy atom. The summed E-state index contributed by atoms with van der Waals surface area (Å²) in [6, 6.07) is 6.54. The number of methoxy groups -OCH3 is 2. The first-order valence-electron chi connectivity index (χ1n) is 6.84. The van der Waals surface area contributed by atoms with Gasteiger partial charge in [0.2, 0.25) is 5.89 Å². The van der Waals surface area contributed by atoms with Gasteiger partial charge in [-0.3, -0.25) is 10.1 Å². The Morgan fingerprint density at radius 2 is 1.92 bits per heavy atom. The molecule has 0 atom stereocenters. The molecule has 3 aromatic rings. The fraction of sp³-hybridized carbons (Fsp3) is 0.133. The molecule has 2 heterocycles. The van der Waals surface area contributed by atoms with Crippen molar-refractivity contribution in [2.24, 2.45) is 0 Å². The molecular weight excluding hydrogens is 389 g/mol. The summed E-state index contributed by atoms with van der Waals surface area (Å²) in [5, 5.41) is 10.2. The van der Waals surface area contributed by atoms with Gasteiger partial charge >= 0.3 is 6.01 Å². The highest BCUT2D eigenvalue weighted by Gasteiger charge is 2.18. The minimum Gasteiger partial charge on any atom is -0.493 e. The summed E-state index contributed by atoms with van der Waals surface area (Å²) in [4.78, 5) is 12.2. The molecule has 2 aromatic heterocycles. The minimum absolute atomic E-state index is 0.0619. The molecule has 0 aliphatic carbocycles. The lowest BCUT2D eigenvalue weighted by Gasteiger charge is -2.07. The van der Waals surface area contributed by atoms with E-state index in [2.05, 4.69) is 15.5 Å². The van der Waals surface area contributed by atoms with Gasteiger partial charge in [-0.05, 0) is 24.3 Å². The zero-order valence-electron chi connectivity index (χ0n) is 13.0. The van der Waals surface area contributed by atoms with Crippen molar-refractivity contribution in [2.75, 3.05) is 19.5 Å². The van der Waals surface area contributed by atoms with E-state index in [1.165, 1.54) is 13.2 Å². The molecule has 0 spiro atoms. The Balaban J connectivity index is 1.81. The van der Waals surface area contributed by atoms with Crippen LogP contribution in [-0.4, -0.2) is 30.3 Å². The van der Waals surface area contributed by atoms with Crippen LogP contribution in [0.3, 0.4) is 0 Å². The molecule has 0 fully saturated rings. The zero-order chi connectivity index (χ0) is 18.0. The molecule has 1 N–H and O–H groups in total. The number of nitrogens with zero attached hydrogens (tertiary/aromatic N) is 2. The van der Waals surface area contributed by atoms with E-state index in [-0.39, 0.29) is 21.8 Å². The highest BCUT2D eigenvalue weighted by atomic mass is 35.5. The molecule has 1 amide bonds. The largest absolute Gasteiger partial charge is 0.493 e. The average Bonchev–Trinajstić information content (AvgIpc) is 3.20. The normalized spacial score (nSPS) is 10.6. The van der Waals surface area contributed by atoms with Crippen LogP contribution in [0, 0.1) is 0 Å². The highest BCUT2D eigenvalue weighted by molar-refractivity contribution is 7.20. The van der Waals surface area contributed by atoms with Gasteiger partial charge in [0.15, 0.2) is 11.5 Å². The summed E-state index contributed by atoms with van der Waals surface area (Å²) < 4.78 is 16.6. The fourth-order valence-corrected chi connectivity index (χ4v) is 3.48. The molecule has 7 nitrogen and oxygen atoms in total. The summed E-state index contributed by atoms with van der Waals surface area (Å²) in [5.74, 6) is 0.813. The molecule has 0 unspecified atom stereocenters. The van der Waals surface area contributed by atoms with Crippen LogP contribution in [0.25, 0.3) is 11.5 Å². The van der Waals surface area contributed by atoms with Crippen molar-refractivity contribution >= 4 is 46.5 Å².